The van der Waals surface area contributed by atoms with Crippen LogP contribution in [0.5, 0.6) is 0 Å². The highest BCUT2D eigenvalue weighted by atomic mass is 79.9. The van der Waals surface area contributed by atoms with Gasteiger partial charge in [-0.05, 0) is 40.5 Å². The summed E-state index contributed by atoms with van der Waals surface area (Å²) in [6.07, 6.45) is 0.394. The number of fused-ring (bicyclic) bond motifs is 1. The number of carbonyl (C=O) groups is 2. The lowest BCUT2D eigenvalue weighted by atomic mass is 9.74. The summed E-state index contributed by atoms with van der Waals surface area (Å²) in [5, 5.41) is 9.59. The van der Waals surface area contributed by atoms with Crippen LogP contribution in [0.15, 0.2) is 22.7 Å². The minimum absolute atomic E-state index is 0.146. The summed E-state index contributed by atoms with van der Waals surface area (Å²) in [6, 6.07) is 4.17. The van der Waals surface area contributed by atoms with Crippen molar-refractivity contribution in [3.63, 3.8) is 0 Å². The van der Waals surface area contributed by atoms with Gasteiger partial charge in [0.05, 0.1) is 16.5 Å². The second-order valence-electron chi connectivity index (χ2n) is 5.80. The zero-order chi connectivity index (χ0) is 15.9. The summed E-state index contributed by atoms with van der Waals surface area (Å²) < 4.78 is 19.2. The Morgan fingerprint density at radius 3 is 2.86 bits per heavy atom. The average molecular weight is 372 g/mol. The Hall–Kier alpha value is -1.47. The number of nitrogens with zero attached hydrogens (tertiary/aromatic N) is 1. The van der Waals surface area contributed by atoms with Gasteiger partial charge in [-0.2, -0.15) is 0 Å². The van der Waals surface area contributed by atoms with E-state index in [4.69, 9.17) is 4.74 Å². The minimum Gasteiger partial charge on any atom is -0.481 e. The number of carboxylic acids is 1. The molecule has 1 aromatic rings. The number of benzene rings is 1. The standard InChI is InChI=1S/C15H15BrFNO4/c16-11-2-1-9(5-12(11)17)13(19)18-6-10-7-22-4-3-15(10,8-18)14(20)21/h1-2,5,10H,3-4,6-8H2,(H,20,21)/t10-,15+/m0/s1. The number of amides is 1. The Balaban J connectivity index is 1.85. The molecule has 1 aromatic carbocycles. The fraction of sp³-hybridized carbons (Fsp3) is 0.467. The van der Waals surface area contributed by atoms with Gasteiger partial charge in [0.15, 0.2) is 0 Å². The fourth-order valence-electron chi connectivity index (χ4n) is 3.27. The predicted molar refractivity (Wildman–Crippen MR) is 79.0 cm³/mol. The summed E-state index contributed by atoms with van der Waals surface area (Å²) >= 11 is 3.05. The van der Waals surface area contributed by atoms with Gasteiger partial charge < -0.3 is 14.7 Å². The van der Waals surface area contributed by atoms with Crippen LogP contribution in [0.3, 0.4) is 0 Å². The van der Waals surface area contributed by atoms with Crippen LogP contribution < -0.4 is 0 Å². The average Bonchev–Trinajstić information content (AvgIpc) is 2.90. The maximum absolute atomic E-state index is 13.6. The van der Waals surface area contributed by atoms with Crippen LogP contribution in [0.4, 0.5) is 4.39 Å². The van der Waals surface area contributed by atoms with Crippen molar-refractivity contribution in [3.8, 4) is 0 Å². The van der Waals surface area contributed by atoms with Gasteiger partial charge in [0.25, 0.3) is 5.91 Å². The minimum atomic E-state index is -0.943. The lowest BCUT2D eigenvalue weighted by Crippen LogP contribution is -2.45. The second-order valence-corrected chi connectivity index (χ2v) is 6.65. The van der Waals surface area contributed by atoms with Gasteiger partial charge in [-0.25, -0.2) is 4.39 Å². The number of hydrogen-bond acceptors (Lipinski definition) is 3. The van der Waals surface area contributed by atoms with Crippen molar-refractivity contribution < 1.29 is 23.8 Å². The molecule has 7 heteroatoms. The second kappa shape index (κ2) is 5.62. The van der Waals surface area contributed by atoms with E-state index in [1.54, 1.807) is 0 Å². The molecule has 5 nitrogen and oxygen atoms in total. The molecule has 22 heavy (non-hydrogen) atoms. The van der Waals surface area contributed by atoms with Crippen LogP contribution in [0, 0.1) is 17.2 Å². The molecule has 2 aliphatic heterocycles. The van der Waals surface area contributed by atoms with Crippen LogP contribution >= 0.6 is 15.9 Å². The van der Waals surface area contributed by atoms with Gasteiger partial charge in [0.1, 0.15) is 5.82 Å². The highest BCUT2D eigenvalue weighted by Crippen LogP contribution is 2.42. The Morgan fingerprint density at radius 2 is 2.23 bits per heavy atom. The largest absolute Gasteiger partial charge is 0.481 e. The number of ether oxygens (including phenoxy) is 1. The zero-order valence-corrected chi connectivity index (χ0v) is 13.3. The quantitative estimate of drug-likeness (QED) is 0.864. The summed E-state index contributed by atoms with van der Waals surface area (Å²) in [7, 11) is 0. The van der Waals surface area contributed by atoms with Crippen molar-refractivity contribution in [2.75, 3.05) is 26.3 Å². The zero-order valence-electron chi connectivity index (χ0n) is 11.7. The highest BCUT2D eigenvalue weighted by molar-refractivity contribution is 9.10. The van der Waals surface area contributed by atoms with Gasteiger partial charge in [0.2, 0.25) is 0 Å². The number of aliphatic carboxylic acids is 1. The summed E-state index contributed by atoms with van der Waals surface area (Å²) in [6.45, 7) is 1.19. The Morgan fingerprint density at radius 1 is 1.45 bits per heavy atom. The molecule has 0 spiro atoms. The molecule has 118 valence electrons. The van der Waals surface area contributed by atoms with E-state index in [0.29, 0.717) is 26.2 Å². The van der Waals surface area contributed by atoms with Crippen LogP contribution in [-0.4, -0.2) is 48.2 Å². The smallest absolute Gasteiger partial charge is 0.311 e. The summed E-state index contributed by atoms with van der Waals surface area (Å²) in [5.41, 5.74) is -0.720. The van der Waals surface area contributed by atoms with Crippen LogP contribution in [0.1, 0.15) is 16.8 Å². The van der Waals surface area contributed by atoms with E-state index >= 15 is 0 Å². The summed E-state index contributed by atoms with van der Waals surface area (Å²) in [4.78, 5) is 25.7. The Kier molecular flexibility index (Phi) is 3.94. The van der Waals surface area contributed by atoms with E-state index in [2.05, 4.69) is 15.9 Å². The van der Waals surface area contributed by atoms with Gasteiger partial charge in [-0.15, -0.1) is 0 Å². The Labute approximate surface area is 135 Å². The van der Waals surface area contributed by atoms with Crippen molar-refractivity contribution in [1.29, 1.82) is 0 Å². The van der Waals surface area contributed by atoms with E-state index in [0.717, 1.165) is 0 Å². The number of likely N-dealkylation sites (tertiary alicyclic amines) is 1. The molecular formula is C15H15BrFNO4. The lowest BCUT2D eigenvalue weighted by molar-refractivity contribution is -0.157. The third-order valence-corrected chi connectivity index (χ3v) is 5.23. The molecule has 2 atom stereocenters. The van der Waals surface area contributed by atoms with Crippen molar-refractivity contribution in [1.82, 2.24) is 4.90 Å². The number of rotatable bonds is 2. The van der Waals surface area contributed by atoms with Crippen LogP contribution in [-0.2, 0) is 9.53 Å². The van der Waals surface area contributed by atoms with Gasteiger partial charge >= 0.3 is 5.97 Å². The van der Waals surface area contributed by atoms with Crippen molar-refractivity contribution in [2.24, 2.45) is 11.3 Å². The number of carbonyl (C=O) groups excluding carboxylic acids is 1. The van der Waals surface area contributed by atoms with E-state index in [9.17, 15) is 19.1 Å². The number of halogens is 2. The van der Waals surface area contributed by atoms with E-state index in [-0.39, 0.29) is 28.4 Å². The van der Waals surface area contributed by atoms with E-state index in [1.807, 2.05) is 0 Å². The lowest BCUT2D eigenvalue weighted by Gasteiger charge is -2.33. The molecule has 0 radical (unpaired) electrons. The topological polar surface area (TPSA) is 66.8 Å². The molecule has 0 aliphatic carbocycles. The third-order valence-electron chi connectivity index (χ3n) is 4.59. The maximum atomic E-state index is 13.6. The molecule has 3 rings (SSSR count). The molecule has 2 fully saturated rings. The number of hydrogen-bond donors (Lipinski definition) is 1. The Bertz CT molecular complexity index is 638. The fourth-order valence-corrected chi connectivity index (χ4v) is 3.51. The molecule has 1 N–H and O–H groups in total. The number of carboxylic acid groups (broad SMARTS) is 1. The molecule has 1 amide bonds. The van der Waals surface area contributed by atoms with Crippen LogP contribution in [0.2, 0.25) is 0 Å². The monoisotopic (exact) mass is 371 g/mol. The first kappa shape index (κ1) is 15.4. The maximum Gasteiger partial charge on any atom is 0.311 e. The molecule has 2 aliphatic rings. The normalized spacial score (nSPS) is 27.5. The van der Waals surface area contributed by atoms with Crippen LogP contribution in [0.25, 0.3) is 0 Å². The SMILES string of the molecule is O=C(c1ccc(Br)c(F)c1)N1C[C@H]2COCC[C@@]2(C(=O)O)C1. The first-order chi connectivity index (χ1) is 10.4. The van der Waals surface area contributed by atoms with E-state index < -0.39 is 17.2 Å². The third kappa shape index (κ3) is 2.42. The van der Waals surface area contributed by atoms with E-state index in [1.165, 1.54) is 23.1 Å². The molecular weight excluding hydrogens is 357 g/mol. The molecule has 2 heterocycles. The van der Waals surface area contributed by atoms with Gasteiger partial charge in [-0.3, -0.25) is 9.59 Å². The van der Waals surface area contributed by atoms with Crippen molar-refractivity contribution in [2.45, 2.75) is 6.42 Å². The summed E-state index contributed by atoms with van der Waals surface area (Å²) in [5.74, 6) is -1.97. The molecule has 0 unspecified atom stereocenters. The molecule has 0 aromatic heterocycles. The van der Waals surface area contributed by atoms with Gasteiger partial charge in [-0.1, -0.05) is 0 Å². The predicted octanol–water partition coefficient (Wildman–Crippen LogP) is 2.15. The molecule has 0 saturated carbocycles. The van der Waals surface area contributed by atoms with Crippen molar-refractivity contribution >= 4 is 27.8 Å². The van der Waals surface area contributed by atoms with Crippen molar-refractivity contribution in [3.05, 3.63) is 34.1 Å². The molecule has 2 saturated heterocycles. The first-order valence-corrected chi connectivity index (χ1v) is 7.79. The highest BCUT2D eigenvalue weighted by Gasteiger charge is 2.54. The first-order valence-electron chi connectivity index (χ1n) is 6.99. The van der Waals surface area contributed by atoms with Gasteiger partial charge in [0, 0.05) is 31.2 Å². The molecule has 0 bridgehead atoms.